The van der Waals surface area contributed by atoms with Gasteiger partial charge in [0, 0.05) is 12.5 Å². The van der Waals surface area contributed by atoms with Crippen molar-refractivity contribution in [2.24, 2.45) is 5.73 Å². The lowest BCUT2D eigenvalue weighted by atomic mass is 9.93. The van der Waals surface area contributed by atoms with E-state index in [2.05, 4.69) is 0 Å². The van der Waals surface area contributed by atoms with Crippen molar-refractivity contribution in [2.45, 2.75) is 25.4 Å². The van der Waals surface area contributed by atoms with Crippen molar-refractivity contribution in [3.8, 4) is 0 Å². The minimum absolute atomic E-state index is 0.0652. The molecule has 0 aliphatic carbocycles. The molecule has 1 aromatic carbocycles. The Balaban J connectivity index is 2.99. The van der Waals surface area contributed by atoms with Gasteiger partial charge in [0.1, 0.15) is 11.6 Å². The fraction of sp³-hybridized carbons (Fsp3) is 0.364. The Labute approximate surface area is 91.3 Å². The van der Waals surface area contributed by atoms with E-state index in [0.717, 1.165) is 12.1 Å². The maximum Gasteiger partial charge on any atom is 0.255 e. The average molecular weight is 231 g/mol. The summed E-state index contributed by atoms with van der Waals surface area (Å²) in [6.45, 7) is 1.44. The van der Waals surface area contributed by atoms with Crippen molar-refractivity contribution >= 4 is 5.91 Å². The largest absolute Gasteiger partial charge is 0.367 e. The quantitative estimate of drug-likeness (QED) is 0.847. The first-order valence-corrected chi connectivity index (χ1v) is 4.82. The predicted octanol–water partition coefficient (Wildman–Crippen LogP) is 2.11. The zero-order chi connectivity index (χ0) is 12.3. The zero-order valence-electron chi connectivity index (χ0n) is 8.77. The molecule has 0 bridgehead atoms. The van der Waals surface area contributed by atoms with Crippen LogP contribution in [0.15, 0.2) is 18.2 Å². The van der Waals surface area contributed by atoms with Crippen LogP contribution in [0.25, 0.3) is 0 Å². The lowest BCUT2D eigenvalue weighted by molar-refractivity contribution is -0.129. The van der Waals surface area contributed by atoms with E-state index in [0.29, 0.717) is 6.07 Å². The molecule has 2 nitrogen and oxygen atoms in total. The molecule has 1 unspecified atom stereocenters. The van der Waals surface area contributed by atoms with Crippen LogP contribution in [-0.2, 0) is 11.2 Å². The summed E-state index contributed by atoms with van der Waals surface area (Å²) < 4.78 is 39.7. The number of halogens is 3. The molecule has 2 N–H and O–H groups in total. The van der Waals surface area contributed by atoms with E-state index in [4.69, 9.17) is 5.73 Å². The fourth-order valence-corrected chi connectivity index (χ4v) is 1.35. The molecule has 1 aromatic rings. The van der Waals surface area contributed by atoms with E-state index in [1.807, 2.05) is 0 Å². The van der Waals surface area contributed by atoms with Crippen molar-refractivity contribution in [3.05, 3.63) is 35.4 Å². The van der Waals surface area contributed by atoms with Crippen LogP contribution >= 0.6 is 0 Å². The van der Waals surface area contributed by atoms with Gasteiger partial charge in [-0.25, -0.2) is 13.2 Å². The van der Waals surface area contributed by atoms with Crippen molar-refractivity contribution in [3.63, 3.8) is 0 Å². The van der Waals surface area contributed by atoms with Gasteiger partial charge in [-0.2, -0.15) is 0 Å². The van der Waals surface area contributed by atoms with E-state index in [1.165, 1.54) is 6.92 Å². The molecule has 0 heterocycles. The maximum absolute atomic E-state index is 13.9. The third kappa shape index (κ3) is 2.53. The Morgan fingerprint density at radius 1 is 1.44 bits per heavy atom. The predicted molar refractivity (Wildman–Crippen MR) is 53.4 cm³/mol. The van der Waals surface area contributed by atoms with Gasteiger partial charge in [-0.1, -0.05) is 13.0 Å². The summed E-state index contributed by atoms with van der Waals surface area (Å²) >= 11 is 0. The van der Waals surface area contributed by atoms with Crippen LogP contribution < -0.4 is 5.73 Å². The van der Waals surface area contributed by atoms with Crippen LogP contribution in [0, 0.1) is 11.6 Å². The smallest absolute Gasteiger partial charge is 0.255 e. The normalized spacial score (nSPS) is 14.5. The Hall–Kier alpha value is -1.52. The van der Waals surface area contributed by atoms with Gasteiger partial charge in [-0.3, -0.25) is 4.79 Å². The van der Waals surface area contributed by atoms with Gasteiger partial charge in [0.15, 0.2) is 5.67 Å². The van der Waals surface area contributed by atoms with Crippen molar-refractivity contribution in [1.29, 1.82) is 0 Å². The summed E-state index contributed by atoms with van der Waals surface area (Å²) in [5.74, 6) is -2.77. The third-order valence-electron chi connectivity index (χ3n) is 2.49. The summed E-state index contributed by atoms with van der Waals surface area (Å²) in [6, 6.07) is 2.76. The molecule has 0 saturated carbocycles. The molecule has 0 spiro atoms. The highest BCUT2D eigenvalue weighted by molar-refractivity contribution is 5.83. The monoisotopic (exact) mass is 231 g/mol. The molecule has 1 amide bonds. The van der Waals surface area contributed by atoms with E-state index >= 15 is 0 Å². The van der Waals surface area contributed by atoms with E-state index < -0.39 is 29.6 Å². The second-order valence-electron chi connectivity index (χ2n) is 3.60. The molecule has 88 valence electrons. The highest BCUT2D eigenvalue weighted by Gasteiger charge is 2.35. The zero-order valence-corrected chi connectivity index (χ0v) is 8.77. The minimum Gasteiger partial charge on any atom is -0.367 e. The number of hydrogen-bond donors (Lipinski definition) is 1. The second-order valence-corrected chi connectivity index (χ2v) is 3.60. The van der Waals surface area contributed by atoms with Crippen molar-refractivity contribution in [1.82, 2.24) is 0 Å². The number of primary amides is 1. The van der Waals surface area contributed by atoms with Gasteiger partial charge in [-0.05, 0) is 18.1 Å². The minimum atomic E-state index is -2.29. The van der Waals surface area contributed by atoms with Gasteiger partial charge in [0.25, 0.3) is 5.91 Å². The molecule has 0 fully saturated rings. The standard InChI is InChI=1S/C11H12F3NO/c1-2-11(14,10(15)16)6-7-3-4-8(12)5-9(7)13/h3-5H,2,6H2,1H3,(H2,15,16). The number of carbonyl (C=O) groups is 1. The molecule has 0 aliphatic heterocycles. The first-order chi connectivity index (χ1) is 7.39. The molecule has 1 atom stereocenters. The summed E-state index contributed by atoms with van der Waals surface area (Å²) in [4.78, 5) is 10.9. The van der Waals surface area contributed by atoms with E-state index in [1.54, 1.807) is 0 Å². The molecule has 0 radical (unpaired) electrons. The Morgan fingerprint density at radius 3 is 2.50 bits per heavy atom. The highest BCUT2D eigenvalue weighted by atomic mass is 19.1. The van der Waals surface area contributed by atoms with Crippen molar-refractivity contribution < 1.29 is 18.0 Å². The second kappa shape index (κ2) is 4.55. The number of carbonyl (C=O) groups excluding carboxylic acids is 1. The fourth-order valence-electron chi connectivity index (χ4n) is 1.35. The number of benzene rings is 1. The SMILES string of the molecule is CCC(F)(Cc1ccc(F)cc1F)C(N)=O. The summed E-state index contributed by atoms with van der Waals surface area (Å²) in [6.07, 6.45) is -0.635. The lowest BCUT2D eigenvalue weighted by Crippen LogP contribution is -2.41. The summed E-state index contributed by atoms with van der Waals surface area (Å²) in [5.41, 5.74) is 2.54. The molecule has 0 saturated heterocycles. The van der Waals surface area contributed by atoms with Crippen molar-refractivity contribution in [2.75, 3.05) is 0 Å². The number of rotatable bonds is 4. The topological polar surface area (TPSA) is 43.1 Å². The third-order valence-corrected chi connectivity index (χ3v) is 2.49. The number of alkyl halides is 1. The van der Waals surface area contributed by atoms with E-state index in [9.17, 15) is 18.0 Å². The van der Waals surface area contributed by atoms with Gasteiger partial charge in [-0.15, -0.1) is 0 Å². The van der Waals surface area contributed by atoms with Gasteiger partial charge in [0.2, 0.25) is 0 Å². The first kappa shape index (κ1) is 12.5. The van der Waals surface area contributed by atoms with Crippen LogP contribution in [0.2, 0.25) is 0 Å². The van der Waals surface area contributed by atoms with Crippen LogP contribution in [0.5, 0.6) is 0 Å². The number of nitrogens with two attached hydrogens (primary N) is 1. The number of hydrogen-bond acceptors (Lipinski definition) is 1. The molecule has 1 rings (SSSR count). The van der Waals surface area contributed by atoms with Crippen LogP contribution in [0.1, 0.15) is 18.9 Å². The lowest BCUT2D eigenvalue weighted by Gasteiger charge is -2.20. The first-order valence-electron chi connectivity index (χ1n) is 4.82. The Kier molecular flexibility index (Phi) is 3.57. The molecular formula is C11H12F3NO. The van der Waals surface area contributed by atoms with Gasteiger partial charge < -0.3 is 5.73 Å². The molecule has 0 aromatic heterocycles. The highest BCUT2D eigenvalue weighted by Crippen LogP contribution is 2.23. The summed E-state index contributed by atoms with van der Waals surface area (Å²) in [5, 5.41) is 0. The molecule has 16 heavy (non-hydrogen) atoms. The molecular weight excluding hydrogens is 219 g/mol. The van der Waals surface area contributed by atoms with Gasteiger partial charge in [0.05, 0.1) is 0 Å². The molecule has 5 heteroatoms. The Morgan fingerprint density at radius 2 is 2.06 bits per heavy atom. The Bertz CT molecular complexity index is 408. The summed E-state index contributed by atoms with van der Waals surface area (Å²) in [7, 11) is 0. The average Bonchev–Trinajstić information content (AvgIpc) is 2.22. The molecule has 0 aliphatic rings. The van der Waals surface area contributed by atoms with Crippen LogP contribution in [-0.4, -0.2) is 11.6 Å². The van der Waals surface area contributed by atoms with E-state index in [-0.39, 0.29) is 12.0 Å². The maximum atomic E-state index is 13.9. The number of amides is 1. The van der Waals surface area contributed by atoms with Crippen LogP contribution in [0.3, 0.4) is 0 Å². The van der Waals surface area contributed by atoms with Gasteiger partial charge >= 0.3 is 0 Å². The van der Waals surface area contributed by atoms with Crippen LogP contribution in [0.4, 0.5) is 13.2 Å².